The first-order valence-corrected chi connectivity index (χ1v) is 3.83. The Morgan fingerprint density at radius 2 is 2.36 bits per heavy atom. The summed E-state index contributed by atoms with van der Waals surface area (Å²) in [6.45, 7) is 0.498. The quantitative estimate of drug-likeness (QED) is 0.527. The van der Waals surface area contributed by atoms with E-state index in [1.54, 1.807) is 7.05 Å². The summed E-state index contributed by atoms with van der Waals surface area (Å²) in [4.78, 5) is 11.0. The first-order valence-electron chi connectivity index (χ1n) is 3.83. The van der Waals surface area contributed by atoms with Crippen LogP contribution in [-0.4, -0.2) is 31.7 Å². The summed E-state index contributed by atoms with van der Waals surface area (Å²) >= 11 is 0. The van der Waals surface area contributed by atoms with Gasteiger partial charge in [0.1, 0.15) is 6.10 Å². The van der Waals surface area contributed by atoms with Gasteiger partial charge in [-0.1, -0.05) is 0 Å². The maximum Gasteiger partial charge on any atom is 0.248 e. The molecule has 0 aromatic carbocycles. The van der Waals surface area contributed by atoms with Gasteiger partial charge < -0.3 is 15.8 Å². The highest BCUT2D eigenvalue weighted by Crippen LogP contribution is 2.11. The molecule has 0 bridgehead atoms. The van der Waals surface area contributed by atoms with Crippen LogP contribution in [-0.2, 0) is 9.53 Å². The number of rotatable bonds is 1. The van der Waals surface area contributed by atoms with Crippen LogP contribution in [0.3, 0.4) is 0 Å². The Hall–Kier alpha value is -0.610. The number of ether oxygens (including phenoxy) is 1. The van der Waals surface area contributed by atoms with Crippen LogP contribution >= 0.6 is 0 Å². The Bertz CT molecular complexity index is 141. The zero-order valence-electron chi connectivity index (χ0n) is 6.67. The average Bonchev–Trinajstić information content (AvgIpc) is 2.05. The van der Waals surface area contributed by atoms with Gasteiger partial charge in [-0.05, 0) is 12.8 Å². The van der Waals surface area contributed by atoms with Gasteiger partial charge in [0.25, 0.3) is 0 Å². The lowest BCUT2D eigenvalue weighted by Gasteiger charge is -2.25. The van der Waals surface area contributed by atoms with Crippen LogP contribution in [0.4, 0.5) is 0 Å². The van der Waals surface area contributed by atoms with Crippen molar-refractivity contribution in [3.05, 3.63) is 0 Å². The summed E-state index contributed by atoms with van der Waals surface area (Å²) in [6.07, 6.45) is 1.33. The van der Waals surface area contributed by atoms with Gasteiger partial charge in [-0.2, -0.15) is 0 Å². The van der Waals surface area contributed by atoms with E-state index in [4.69, 9.17) is 10.5 Å². The van der Waals surface area contributed by atoms with Crippen LogP contribution in [0.5, 0.6) is 0 Å². The second-order valence-electron chi connectivity index (χ2n) is 2.77. The van der Waals surface area contributed by atoms with E-state index in [0.717, 1.165) is 12.8 Å². The molecule has 0 aromatic heterocycles. The predicted octanol–water partition coefficient (Wildman–Crippen LogP) is -0.761. The molecule has 1 fully saturated rings. The fourth-order valence-electron chi connectivity index (χ4n) is 1.14. The third kappa shape index (κ3) is 2.17. The molecular weight excluding hydrogens is 144 g/mol. The summed E-state index contributed by atoms with van der Waals surface area (Å²) in [6, 6.07) is 0.107. The maximum atomic E-state index is 11.0. The average molecular weight is 158 g/mol. The fraction of sp³-hybridized carbons (Fsp3) is 0.857. The van der Waals surface area contributed by atoms with Gasteiger partial charge >= 0.3 is 0 Å². The van der Waals surface area contributed by atoms with Gasteiger partial charge in [-0.25, -0.2) is 0 Å². The third-order valence-corrected chi connectivity index (χ3v) is 1.85. The zero-order chi connectivity index (χ0) is 8.27. The summed E-state index contributed by atoms with van der Waals surface area (Å²) < 4.78 is 5.21. The first kappa shape index (κ1) is 8.49. The van der Waals surface area contributed by atoms with Gasteiger partial charge in [0.2, 0.25) is 5.91 Å². The summed E-state index contributed by atoms with van der Waals surface area (Å²) in [5.74, 6) is -0.0445. The predicted molar refractivity (Wildman–Crippen MR) is 41.0 cm³/mol. The molecule has 4 heteroatoms. The molecule has 0 spiro atoms. The Balaban J connectivity index is 2.33. The lowest BCUT2D eigenvalue weighted by Crippen LogP contribution is -2.42. The number of hydrogen-bond donors (Lipinski definition) is 2. The number of carbonyl (C=O) groups is 1. The second-order valence-corrected chi connectivity index (χ2v) is 2.77. The van der Waals surface area contributed by atoms with E-state index in [9.17, 15) is 4.79 Å². The van der Waals surface area contributed by atoms with Crippen molar-refractivity contribution in [2.24, 2.45) is 5.73 Å². The number of carbonyl (C=O) groups excluding carboxylic acids is 1. The molecule has 2 unspecified atom stereocenters. The molecule has 2 atom stereocenters. The van der Waals surface area contributed by atoms with E-state index in [0.29, 0.717) is 6.61 Å². The summed E-state index contributed by atoms with van der Waals surface area (Å²) in [7, 11) is 1.61. The molecule has 4 nitrogen and oxygen atoms in total. The van der Waals surface area contributed by atoms with Gasteiger partial charge in [0.05, 0.1) is 6.61 Å². The van der Waals surface area contributed by atoms with Crippen LogP contribution in [0.1, 0.15) is 12.8 Å². The molecule has 1 rings (SSSR count). The number of amides is 1. The zero-order valence-corrected chi connectivity index (χ0v) is 6.67. The Labute approximate surface area is 66.1 Å². The lowest BCUT2D eigenvalue weighted by atomic mass is 10.1. The summed E-state index contributed by atoms with van der Waals surface area (Å²) in [5, 5.41) is 2.54. The fourth-order valence-corrected chi connectivity index (χ4v) is 1.14. The number of hydrogen-bond acceptors (Lipinski definition) is 3. The van der Waals surface area contributed by atoms with E-state index >= 15 is 0 Å². The molecule has 0 radical (unpaired) electrons. The minimum atomic E-state index is -0.278. The van der Waals surface area contributed by atoms with Crippen molar-refractivity contribution in [3.8, 4) is 0 Å². The Morgan fingerprint density at radius 3 is 2.82 bits per heavy atom. The third-order valence-electron chi connectivity index (χ3n) is 1.85. The molecular formula is C7H14N2O2. The van der Waals surface area contributed by atoms with Crippen molar-refractivity contribution in [1.29, 1.82) is 0 Å². The second kappa shape index (κ2) is 3.69. The summed E-state index contributed by atoms with van der Waals surface area (Å²) in [5.41, 5.74) is 5.58. The van der Waals surface area contributed by atoms with Crippen molar-refractivity contribution < 1.29 is 9.53 Å². The number of nitrogens with one attached hydrogen (secondary N) is 1. The minimum Gasteiger partial charge on any atom is -0.367 e. The standard InChI is InChI=1S/C7H14N2O2/c1-9-7(10)6-3-2-5(8)4-11-6/h5-6H,2-4,8H2,1H3,(H,9,10). The maximum absolute atomic E-state index is 11.0. The minimum absolute atomic E-state index is 0.0445. The van der Waals surface area contributed by atoms with Crippen LogP contribution in [0, 0.1) is 0 Å². The van der Waals surface area contributed by atoms with E-state index in [-0.39, 0.29) is 18.1 Å². The van der Waals surface area contributed by atoms with Gasteiger partial charge in [0, 0.05) is 13.1 Å². The van der Waals surface area contributed by atoms with Crippen LogP contribution in [0.25, 0.3) is 0 Å². The van der Waals surface area contributed by atoms with Gasteiger partial charge in [0.15, 0.2) is 0 Å². The molecule has 64 valence electrons. The van der Waals surface area contributed by atoms with Crippen LogP contribution in [0.2, 0.25) is 0 Å². The molecule has 1 heterocycles. The van der Waals surface area contributed by atoms with Crippen molar-refractivity contribution in [1.82, 2.24) is 5.32 Å². The number of nitrogens with two attached hydrogens (primary N) is 1. The van der Waals surface area contributed by atoms with Crippen LogP contribution in [0.15, 0.2) is 0 Å². The number of likely N-dealkylation sites (N-methyl/N-ethyl adjacent to an activating group) is 1. The molecule has 1 amide bonds. The molecule has 3 N–H and O–H groups in total. The molecule has 0 aliphatic carbocycles. The largest absolute Gasteiger partial charge is 0.367 e. The molecule has 11 heavy (non-hydrogen) atoms. The van der Waals surface area contributed by atoms with E-state index < -0.39 is 0 Å². The highest BCUT2D eigenvalue weighted by Gasteiger charge is 2.23. The van der Waals surface area contributed by atoms with Crippen molar-refractivity contribution >= 4 is 5.91 Å². The van der Waals surface area contributed by atoms with E-state index in [1.165, 1.54) is 0 Å². The van der Waals surface area contributed by atoms with Crippen LogP contribution < -0.4 is 11.1 Å². The Kier molecular flexibility index (Phi) is 2.84. The van der Waals surface area contributed by atoms with E-state index in [2.05, 4.69) is 5.32 Å². The monoisotopic (exact) mass is 158 g/mol. The smallest absolute Gasteiger partial charge is 0.248 e. The van der Waals surface area contributed by atoms with Crippen molar-refractivity contribution in [2.75, 3.05) is 13.7 Å². The normalized spacial score (nSPS) is 31.5. The molecule has 1 aliphatic rings. The lowest BCUT2D eigenvalue weighted by molar-refractivity contribution is -0.135. The molecule has 0 saturated carbocycles. The van der Waals surface area contributed by atoms with E-state index in [1.807, 2.05) is 0 Å². The van der Waals surface area contributed by atoms with Gasteiger partial charge in [-0.3, -0.25) is 4.79 Å². The van der Waals surface area contributed by atoms with Crippen molar-refractivity contribution in [2.45, 2.75) is 25.0 Å². The highest BCUT2D eigenvalue weighted by atomic mass is 16.5. The SMILES string of the molecule is CNC(=O)C1CCC(N)CO1. The molecule has 0 aromatic rings. The molecule has 1 saturated heterocycles. The highest BCUT2D eigenvalue weighted by molar-refractivity contribution is 5.80. The van der Waals surface area contributed by atoms with Gasteiger partial charge in [-0.15, -0.1) is 0 Å². The van der Waals surface area contributed by atoms with Crippen molar-refractivity contribution in [3.63, 3.8) is 0 Å². The topological polar surface area (TPSA) is 64.4 Å². The Morgan fingerprint density at radius 1 is 1.64 bits per heavy atom. The molecule has 1 aliphatic heterocycles. The first-order chi connectivity index (χ1) is 5.24.